The minimum atomic E-state index is -0.487. The molecule has 0 unspecified atom stereocenters. The maximum absolute atomic E-state index is 10.5. The van der Waals surface area contributed by atoms with E-state index in [9.17, 15) is 10.1 Å². The third-order valence-electron chi connectivity index (χ3n) is 2.33. The lowest BCUT2D eigenvalue weighted by molar-refractivity contribution is -0.384. The fraction of sp³-hybridized carbons (Fsp3) is 0. The quantitative estimate of drug-likeness (QED) is 0.506. The first-order valence-corrected chi connectivity index (χ1v) is 6.25. The van der Waals surface area contributed by atoms with E-state index >= 15 is 0 Å². The lowest BCUT2D eigenvalue weighted by atomic mass is 10.3. The van der Waals surface area contributed by atoms with Crippen LogP contribution >= 0.6 is 23.2 Å². The van der Waals surface area contributed by atoms with Gasteiger partial charge in [-0.2, -0.15) is 5.10 Å². The number of nitro groups is 1. The van der Waals surface area contributed by atoms with Gasteiger partial charge in [-0.15, -0.1) is 0 Å². The van der Waals surface area contributed by atoms with Crippen molar-refractivity contribution in [2.45, 2.75) is 0 Å². The zero-order chi connectivity index (χ0) is 15.4. The smallest absolute Gasteiger partial charge is 0.269 e. The molecule has 0 saturated carbocycles. The fourth-order valence-electron chi connectivity index (χ4n) is 1.34. The highest BCUT2D eigenvalue weighted by Gasteiger charge is 2.07. The molecule has 108 valence electrons. The number of non-ortho nitro benzene ring substituents is 1. The summed E-state index contributed by atoms with van der Waals surface area (Å²) in [6, 6.07) is 5.73. The molecule has 1 aromatic heterocycles. The molecule has 0 bridgehead atoms. The number of hydrazone groups is 1. The largest absolute Gasteiger partial charge is 0.382 e. The van der Waals surface area contributed by atoms with E-state index in [1.165, 1.54) is 30.5 Å². The van der Waals surface area contributed by atoms with Gasteiger partial charge in [-0.3, -0.25) is 15.5 Å². The summed E-state index contributed by atoms with van der Waals surface area (Å²) in [4.78, 5) is 17.7. The van der Waals surface area contributed by atoms with Gasteiger partial charge in [0, 0.05) is 12.1 Å². The molecule has 8 nitrogen and oxygen atoms in total. The van der Waals surface area contributed by atoms with Crippen molar-refractivity contribution in [1.29, 1.82) is 0 Å². The Morgan fingerprint density at radius 1 is 1.24 bits per heavy atom. The SMILES string of the molecule is Nc1nc(Cl)c(Cl)nc1C=NNc1ccc([N+](=O)[O-])cc1. The summed E-state index contributed by atoms with van der Waals surface area (Å²) in [6.07, 6.45) is 1.31. The molecule has 2 rings (SSSR count). The Labute approximate surface area is 128 Å². The predicted molar refractivity (Wildman–Crippen MR) is 80.8 cm³/mol. The summed E-state index contributed by atoms with van der Waals surface area (Å²) >= 11 is 11.4. The number of anilines is 2. The van der Waals surface area contributed by atoms with Gasteiger partial charge in [0.2, 0.25) is 0 Å². The monoisotopic (exact) mass is 326 g/mol. The molecule has 3 N–H and O–H groups in total. The normalized spacial score (nSPS) is 10.8. The molecule has 0 fully saturated rings. The molecule has 0 aliphatic carbocycles. The van der Waals surface area contributed by atoms with Gasteiger partial charge < -0.3 is 5.73 Å². The van der Waals surface area contributed by atoms with Crippen molar-refractivity contribution in [3.63, 3.8) is 0 Å². The van der Waals surface area contributed by atoms with Gasteiger partial charge in [0.15, 0.2) is 16.1 Å². The second-order valence-corrected chi connectivity index (χ2v) is 4.47. The van der Waals surface area contributed by atoms with Crippen LogP contribution in [-0.4, -0.2) is 21.1 Å². The average molecular weight is 327 g/mol. The molecule has 0 aliphatic rings. The van der Waals surface area contributed by atoms with Gasteiger partial charge in [-0.25, -0.2) is 9.97 Å². The average Bonchev–Trinajstić information content (AvgIpc) is 2.45. The summed E-state index contributed by atoms with van der Waals surface area (Å²) < 4.78 is 0. The number of nitrogens with two attached hydrogens (primary N) is 1. The Morgan fingerprint density at radius 2 is 1.86 bits per heavy atom. The summed E-state index contributed by atoms with van der Waals surface area (Å²) in [7, 11) is 0. The fourth-order valence-corrected chi connectivity index (χ4v) is 1.61. The van der Waals surface area contributed by atoms with E-state index in [2.05, 4.69) is 20.5 Å². The molecule has 0 atom stereocenters. The van der Waals surface area contributed by atoms with E-state index in [1.54, 1.807) is 0 Å². The maximum atomic E-state index is 10.5. The highest BCUT2D eigenvalue weighted by atomic mass is 35.5. The highest BCUT2D eigenvalue weighted by molar-refractivity contribution is 6.40. The Morgan fingerprint density at radius 3 is 2.48 bits per heavy atom. The molecule has 1 heterocycles. The summed E-state index contributed by atoms with van der Waals surface area (Å²) in [5, 5.41) is 14.4. The standard InChI is InChI=1S/C11H8Cl2N6O2/c12-9-10(13)17-11(14)8(16-9)5-15-18-6-1-3-7(4-2-6)19(20)21/h1-5,18H,(H2,14,17). The van der Waals surface area contributed by atoms with Gasteiger partial charge in [0.1, 0.15) is 5.69 Å². The number of aromatic nitrogens is 2. The van der Waals surface area contributed by atoms with Crippen molar-refractivity contribution in [3.8, 4) is 0 Å². The van der Waals surface area contributed by atoms with Crippen molar-refractivity contribution < 1.29 is 4.92 Å². The highest BCUT2D eigenvalue weighted by Crippen LogP contribution is 2.19. The van der Waals surface area contributed by atoms with E-state index in [-0.39, 0.29) is 27.5 Å². The van der Waals surface area contributed by atoms with E-state index in [0.717, 1.165) is 0 Å². The first-order valence-electron chi connectivity index (χ1n) is 5.49. The van der Waals surface area contributed by atoms with Crippen LogP contribution in [0.4, 0.5) is 17.2 Å². The first kappa shape index (κ1) is 14.9. The van der Waals surface area contributed by atoms with Crippen molar-refractivity contribution in [1.82, 2.24) is 9.97 Å². The molecule has 21 heavy (non-hydrogen) atoms. The molecule has 0 amide bonds. The van der Waals surface area contributed by atoms with E-state index < -0.39 is 4.92 Å². The maximum Gasteiger partial charge on any atom is 0.269 e. The molecule has 10 heteroatoms. The number of nitro benzene ring substituents is 1. The van der Waals surface area contributed by atoms with Gasteiger partial charge in [-0.05, 0) is 12.1 Å². The summed E-state index contributed by atoms with van der Waals surface area (Å²) in [5.74, 6) is 0.0821. The van der Waals surface area contributed by atoms with Gasteiger partial charge in [0.05, 0.1) is 16.8 Å². The summed E-state index contributed by atoms with van der Waals surface area (Å²) in [6.45, 7) is 0. The van der Waals surface area contributed by atoms with Crippen molar-refractivity contribution in [3.05, 3.63) is 50.4 Å². The first-order chi connectivity index (χ1) is 9.97. The van der Waals surface area contributed by atoms with Crippen LogP contribution in [0.15, 0.2) is 29.4 Å². The van der Waals surface area contributed by atoms with Crippen LogP contribution in [0, 0.1) is 10.1 Å². The second kappa shape index (κ2) is 6.33. The van der Waals surface area contributed by atoms with Crippen LogP contribution in [0.1, 0.15) is 5.69 Å². The van der Waals surface area contributed by atoms with Crippen LogP contribution in [0.5, 0.6) is 0 Å². The van der Waals surface area contributed by atoms with Gasteiger partial charge in [0.25, 0.3) is 5.69 Å². The predicted octanol–water partition coefficient (Wildman–Crippen LogP) is 2.72. The second-order valence-electron chi connectivity index (χ2n) is 3.75. The molecule has 0 spiro atoms. The summed E-state index contributed by atoms with van der Waals surface area (Å²) in [5.41, 5.74) is 9.08. The molecule has 1 aromatic carbocycles. The molecule has 0 saturated heterocycles. The Balaban J connectivity index is 2.09. The van der Waals surface area contributed by atoms with E-state index in [4.69, 9.17) is 28.9 Å². The number of hydrogen-bond acceptors (Lipinski definition) is 7. The minimum Gasteiger partial charge on any atom is -0.382 e. The number of rotatable bonds is 4. The van der Waals surface area contributed by atoms with Crippen LogP contribution in [0.3, 0.4) is 0 Å². The minimum absolute atomic E-state index is 0.00893. The third-order valence-corrected chi connectivity index (χ3v) is 2.95. The van der Waals surface area contributed by atoms with Crippen LogP contribution in [0.2, 0.25) is 10.3 Å². The van der Waals surface area contributed by atoms with Crippen molar-refractivity contribution >= 4 is 46.6 Å². The third kappa shape index (κ3) is 3.77. The number of nitrogens with one attached hydrogen (secondary N) is 1. The molecular weight excluding hydrogens is 319 g/mol. The van der Waals surface area contributed by atoms with Gasteiger partial charge in [-0.1, -0.05) is 23.2 Å². The van der Waals surface area contributed by atoms with Crippen LogP contribution in [-0.2, 0) is 0 Å². The number of nitrogen functional groups attached to an aromatic ring is 1. The number of halogens is 2. The number of benzene rings is 1. The Bertz CT molecular complexity index is 705. The molecule has 0 radical (unpaired) electrons. The Kier molecular flexibility index (Phi) is 4.51. The lowest BCUT2D eigenvalue weighted by Crippen LogP contribution is -2.02. The van der Waals surface area contributed by atoms with E-state index in [1.807, 2.05) is 0 Å². The topological polar surface area (TPSA) is 119 Å². The molecule has 0 aliphatic heterocycles. The van der Waals surface area contributed by atoms with Crippen LogP contribution in [0.25, 0.3) is 0 Å². The van der Waals surface area contributed by atoms with Crippen molar-refractivity contribution in [2.75, 3.05) is 11.2 Å². The van der Waals surface area contributed by atoms with Crippen LogP contribution < -0.4 is 11.2 Å². The number of nitrogens with zero attached hydrogens (tertiary/aromatic N) is 4. The Hall–Kier alpha value is -2.45. The van der Waals surface area contributed by atoms with E-state index in [0.29, 0.717) is 5.69 Å². The zero-order valence-corrected chi connectivity index (χ0v) is 11.8. The zero-order valence-electron chi connectivity index (χ0n) is 10.3. The van der Waals surface area contributed by atoms with Crippen molar-refractivity contribution in [2.24, 2.45) is 5.10 Å². The molecule has 2 aromatic rings. The number of hydrogen-bond donors (Lipinski definition) is 2. The van der Waals surface area contributed by atoms with Gasteiger partial charge >= 0.3 is 0 Å². The molecular formula is C11H8Cl2N6O2. The lowest BCUT2D eigenvalue weighted by Gasteiger charge is -2.02.